The van der Waals surface area contributed by atoms with Gasteiger partial charge in [-0.25, -0.2) is 9.36 Å². The van der Waals surface area contributed by atoms with Gasteiger partial charge in [0.05, 0.1) is 21.9 Å². The van der Waals surface area contributed by atoms with Gasteiger partial charge in [0.15, 0.2) is 0 Å². The molecule has 0 unspecified atom stereocenters. The number of carbonyl (C=O) groups excluding carboxylic acids is 1. The number of fused-ring (bicyclic) bond motifs is 1. The van der Waals surface area contributed by atoms with Gasteiger partial charge in [0.1, 0.15) is 11.2 Å². The first-order chi connectivity index (χ1) is 14.8. The Labute approximate surface area is 187 Å². The van der Waals surface area contributed by atoms with Crippen molar-refractivity contribution in [1.82, 2.24) is 9.13 Å². The van der Waals surface area contributed by atoms with Crippen LogP contribution in [0.1, 0.15) is 16.7 Å². The maximum Gasteiger partial charge on any atom is 0.336 e. The van der Waals surface area contributed by atoms with E-state index in [2.05, 4.69) is 5.32 Å². The number of anilines is 1. The van der Waals surface area contributed by atoms with Crippen LogP contribution < -0.4 is 16.6 Å². The number of rotatable bonds is 4. The summed E-state index contributed by atoms with van der Waals surface area (Å²) in [4.78, 5) is 39.3. The second-order valence-electron chi connectivity index (χ2n) is 7.47. The first-order valence-electron chi connectivity index (χ1n) is 9.63. The van der Waals surface area contributed by atoms with Crippen molar-refractivity contribution in [3.8, 4) is 5.69 Å². The highest BCUT2D eigenvalue weighted by Crippen LogP contribution is 2.23. The summed E-state index contributed by atoms with van der Waals surface area (Å²) in [6.45, 7) is 5.40. The molecule has 2 aromatic carbocycles. The van der Waals surface area contributed by atoms with Crippen molar-refractivity contribution in [2.24, 2.45) is 0 Å². The maximum atomic E-state index is 13.4. The number of aryl methyl sites for hydroxylation is 3. The Hall–Kier alpha value is -3.16. The number of hydrogen-bond donors (Lipinski definition) is 1. The fourth-order valence-electron chi connectivity index (χ4n) is 3.47. The van der Waals surface area contributed by atoms with Crippen molar-refractivity contribution in [2.75, 3.05) is 5.32 Å². The molecule has 1 amide bonds. The van der Waals surface area contributed by atoms with Crippen LogP contribution >= 0.6 is 22.9 Å². The van der Waals surface area contributed by atoms with Crippen molar-refractivity contribution < 1.29 is 4.79 Å². The van der Waals surface area contributed by atoms with Crippen LogP contribution in [0.15, 0.2) is 57.4 Å². The van der Waals surface area contributed by atoms with Gasteiger partial charge in [-0.1, -0.05) is 29.8 Å². The Morgan fingerprint density at radius 3 is 2.48 bits per heavy atom. The molecule has 0 radical (unpaired) electrons. The second-order valence-corrected chi connectivity index (χ2v) is 8.79. The largest absolute Gasteiger partial charge is 0.336 e. The van der Waals surface area contributed by atoms with Gasteiger partial charge in [0.25, 0.3) is 5.56 Å². The highest BCUT2D eigenvalue weighted by Gasteiger charge is 2.19. The van der Waals surface area contributed by atoms with Gasteiger partial charge < -0.3 is 5.32 Å². The molecule has 2 heterocycles. The van der Waals surface area contributed by atoms with Crippen LogP contribution in [-0.2, 0) is 11.3 Å². The lowest BCUT2D eigenvalue weighted by molar-refractivity contribution is -0.116. The number of nitrogens with zero attached hydrogens (tertiary/aromatic N) is 2. The molecule has 0 aliphatic carbocycles. The van der Waals surface area contributed by atoms with Crippen LogP contribution in [0.3, 0.4) is 0 Å². The van der Waals surface area contributed by atoms with Crippen LogP contribution in [0.25, 0.3) is 15.9 Å². The standard InChI is InChI=1S/C23H20ClN3O3S/c1-13-5-7-17(16(24)10-13)25-20(28)12-26-18-8-9-31-21(18)22(29)27(23(26)30)19-11-14(2)4-6-15(19)3/h4-11H,12H2,1-3H3,(H,25,28). The fraction of sp³-hybridized carbons (Fsp3) is 0.174. The summed E-state index contributed by atoms with van der Waals surface area (Å²) in [7, 11) is 0. The van der Waals surface area contributed by atoms with E-state index in [1.165, 1.54) is 15.9 Å². The summed E-state index contributed by atoms with van der Waals surface area (Å²) in [6, 6.07) is 12.6. The highest BCUT2D eigenvalue weighted by molar-refractivity contribution is 7.17. The molecule has 4 aromatic rings. The van der Waals surface area contributed by atoms with Crippen LogP contribution in [0.2, 0.25) is 5.02 Å². The van der Waals surface area contributed by atoms with Crippen molar-refractivity contribution in [2.45, 2.75) is 27.3 Å². The van der Waals surface area contributed by atoms with Gasteiger partial charge in [0.2, 0.25) is 5.91 Å². The highest BCUT2D eigenvalue weighted by atomic mass is 35.5. The van der Waals surface area contributed by atoms with Crippen molar-refractivity contribution in [3.63, 3.8) is 0 Å². The number of thiophene rings is 1. The molecule has 0 saturated heterocycles. The molecular formula is C23H20ClN3O3S. The quantitative estimate of drug-likeness (QED) is 0.496. The van der Waals surface area contributed by atoms with Gasteiger partial charge >= 0.3 is 5.69 Å². The average Bonchev–Trinajstić information content (AvgIpc) is 3.20. The number of carbonyl (C=O) groups is 1. The molecular weight excluding hydrogens is 434 g/mol. The molecule has 4 rings (SSSR count). The molecule has 0 spiro atoms. The lowest BCUT2D eigenvalue weighted by Crippen LogP contribution is -2.40. The molecule has 8 heteroatoms. The third-order valence-corrected chi connectivity index (χ3v) is 6.27. The van der Waals surface area contributed by atoms with Gasteiger partial charge in [-0.15, -0.1) is 11.3 Å². The van der Waals surface area contributed by atoms with E-state index < -0.39 is 11.6 Å². The summed E-state index contributed by atoms with van der Waals surface area (Å²) in [5, 5.41) is 4.91. The number of benzene rings is 2. The van der Waals surface area contributed by atoms with E-state index in [0.29, 0.717) is 26.6 Å². The SMILES string of the molecule is Cc1ccc(NC(=O)Cn2c(=O)n(-c3cc(C)ccc3C)c(=O)c3sccc32)c(Cl)c1. The smallest absolute Gasteiger partial charge is 0.323 e. The van der Waals surface area contributed by atoms with E-state index >= 15 is 0 Å². The maximum absolute atomic E-state index is 13.4. The van der Waals surface area contributed by atoms with E-state index in [1.807, 2.05) is 39.0 Å². The Morgan fingerprint density at radius 2 is 1.74 bits per heavy atom. The van der Waals surface area contributed by atoms with Gasteiger partial charge in [-0.2, -0.15) is 0 Å². The van der Waals surface area contributed by atoms with E-state index in [4.69, 9.17) is 11.6 Å². The first-order valence-corrected chi connectivity index (χ1v) is 10.9. The van der Waals surface area contributed by atoms with E-state index in [0.717, 1.165) is 21.3 Å². The normalized spacial score (nSPS) is 11.1. The monoisotopic (exact) mass is 453 g/mol. The number of hydrogen-bond acceptors (Lipinski definition) is 4. The zero-order chi connectivity index (χ0) is 22.3. The van der Waals surface area contributed by atoms with E-state index in [-0.39, 0.29) is 12.1 Å². The minimum absolute atomic E-state index is 0.249. The van der Waals surface area contributed by atoms with Crippen molar-refractivity contribution in [3.05, 3.63) is 90.4 Å². The third kappa shape index (κ3) is 3.94. The van der Waals surface area contributed by atoms with Gasteiger partial charge in [-0.3, -0.25) is 14.2 Å². The molecule has 0 fully saturated rings. The van der Waals surface area contributed by atoms with Crippen LogP contribution in [0.5, 0.6) is 0 Å². The van der Waals surface area contributed by atoms with Crippen LogP contribution in [0.4, 0.5) is 5.69 Å². The van der Waals surface area contributed by atoms with E-state index in [9.17, 15) is 14.4 Å². The third-order valence-electron chi connectivity index (χ3n) is 5.06. The zero-order valence-electron chi connectivity index (χ0n) is 17.2. The zero-order valence-corrected chi connectivity index (χ0v) is 18.8. The predicted octanol–water partition coefficient (Wildman–Crippen LogP) is 4.43. The lowest BCUT2D eigenvalue weighted by atomic mass is 10.1. The summed E-state index contributed by atoms with van der Waals surface area (Å²) in [5.41, 5.74) is 3.17. The minimum Gasteiger partial charge on any atom is -0.323 e. The molecule has 1 N–H and O–H groups in total. The molecule has 0 aliphatic heterocycles. The fourth-order valence-corrected chi connectivity index (χ4v) is 4.57. The number of nitrogens with one attached hydrogen (secondary N) is 1. The van der Waals surface area contributed by atoms with Crippen molar-refractivity contribution in [1.29, 1.82) is 0 Å². The second kappa shape index (κ2) is 8.17. The Morgan fingerprint density at radius 1 is 1.03 bits per heavy atom. The van der Waals surface area contributed by atoms with E-state index in [1.54, 1.807) is 29.6 Å². The first kappa shape index (κ1) is 21.1. The molecule has 2 aromatic heterocycles. The summed E-state index contributed by atoms with van der Waals surface area (Å²) in [6.07, 6.45) is 0. The number of amides is 1. The number of halogens is 1. The molecule has 0 saturated carbocycles. The Bertz CT molecular complexity index is 1450. The van der Waals surface area contributed by atoms with Crippen molar-refractivity contribution >= 4 is 44.7 Å². The summed E-state index contributed by atoms with van der Waals surface area (Å²) < 4.78 is 2.89. The molecule has 0 bridgehead atoms. The minimum atomic E-state index is -0.560. The molecule has 31 heavy (non-hydrogen) atoms. The molecule has 0 atom stereocenters. The van der Waals surface area contributed by atoms with Gasteiger partial charge in [-0.05, 0) is 67.1 Å². The summed E-state index contributed by atoms with van der Waals surface area (Å²) >= 11 is 7.46. The van der Waals surface area contributed by atoms with Crippen LogP contribution in [-0.4, -0.2) is 15.0 Å². The Kier molecular flexibility index (Phi) is 5.56. The topological polar surface area (TPSA) is 73.1 Å². The molecule has 158 valence electrons. The molecule has 6 nitrogen and oxygen atoms in total. The lowest BCUT2D eigenvalue weighted by Gasteiger charge is -2.14. The van der Waals surface area contributed by atoms with Crippen LogP contribution in [0, 0.1) is 20.8 Å². The molecule has 0 aliphatic rings. The average molecular weight is 454 g/mol. The number of aromatic nitrogens is 2. The predicted molar refractivity (Wildman–Crippen MR) is 126 cm³/mol. The Balaban J connectivity index is 1.82. The van der Waals surface area contributed by atoms with Gasteiger partial charge in [0, 0.05) is 0 Å². The summed E-state index contributed by atoms with van der Waals surface area (Å²) in [5.74, 6) is -0.411.